The van der Waals surface area contributed by atoms with Crippen LogP contribution in [0.4, 0.5) is 0 Å². The van der Waals surface area contributed by atoms with Gasteiger partial charge in [-0.15, -0.1) is 0 Å². The van der Waals surface area contributed by atoms with Gasteiger partial charge in [0.1, 0.15) is 0 Å². The first-order valence-electron chi connectivity index (χ1n) is 4.36. The van der Waals surface area contributed by atoms with Gasteiger partial charge in [-0.25, -0.2) is 22.5 Å². The summed E-state index contributed by atoms with van der Waals surface area (Å²) in [4.78, 5) is 14.8. The maximum Gasteiger partial charge on any atom is 0.339 e. The molecule has 0 bridgehead atoms. The van der Waals surface area contributed by atoms with Gasteiger partial charge in [-0.3, -0.25) is 0 Å². The summed E-state index contributed by atoms with van der Waals surface area (Å²) in [6, 6.07) is 2.62. The molecule has 1 rings (SSSR count). The number of esters is 1. The van der Waals surface area contributed by atoms with Crippen molar-refractivity contribution in [3.05, 3.63) is 23.9 Å². The van der Waals surface area contributed by atoms with Crippen LogP contribution in [-0.2, 0) is 14.8 Å². The van der Waals surface area contributed by atoms with Crippen LogP contribution in [0.15, 0.2) is 23.4 Å². The predicted molar refractivity (Wildman–Crippen MR) is 56.4 cm³/mol. The fourth-order valence-corrected chi connectivity index (χ4v) is 1.76. The van der Waals surface area contributed by atoms with E-state index < -0.39 is 16.0 Å². The summed E-state index contributed by atoms with van der Waals surface area (Å²) in [7, 11) is 0.503. The molecule has 0 amide bonds. The summed E-state index contributed by atoms with van der Waals surface area (Å²) in [5, 5.41) is -0.106. The second-order valence-electron chi connectivity index (χ2n) is 3.16. The zero-order valence-electron chi connectivity index (χ0n) is 9.17. The highest BCUT2D eigenvalue weighted by atomic mass is 32.2. The molecule has 0 aromatic carbocycles. The van der Waals surface area contributed by atoms with Gasteiger partial charge in [0.25, 0.3) is 10.0 Å². The van der Waals surface area contributed by atoms with E-state index in [2.05, 4.69) is 9.72 Å². The van der Waals surface area contributed by atoms with Gasteiger partial charge >= 0.3 is 5.97 Å². The SMILES string of the molecule is COC(=O)c1ccc(S(=O)(=O)N(C)C)nc1. The monoisotopic (exact) mass is 244 g/mol. The molecule has 6 nitrogen and oxygen atoms in total. The largest absolute Gasteiger partial charge is 0.465 e. The maximum atomic E-state index is 11.6. The predicted octanol–water partition coefficient (Wildman–Crippen LogP) is 0.118. The number of carbonyl (C=O) groups excluding carboxylic acids is 1. The van der Waals surface area contributed by atoms with Crippen LogP contribution in [0.1, 0.15) is 10.4 Å². The zero-order chi connectivity index (χ0) is 12.3. The van der Waals surface area contributed by atoms with Crippen LogP contribution in [0.2, 0.25) is 0 Å². The Balaban J connectivity index is 3.10. The van der Waals surface area contributed by atoms with Crippen molar-refractivity contribution >= 4 is 16.0 Å². The molecule has 0 radical (unpaired) electrons. The minimum absolute atomic E-state index is 0.106. The Morgan fingerprint density at radius 2 is 2.00 bits per heavy atom. The fraction of sp³-hybridized carbons (Fsp3) is 0.333. The lowest BCUT2D eigenvalue weighted by atomic mass is 10.3. The molecule has 0 aliphatic heterocycles. The molecule has 0 spiro atoms. The van der Waals surface area contributed by atoms with E-state index in [1.54, 1.807) is 0 Å². The lowest BCUT2D eigenvalue weighted by molar-refractivity contribution is 0.0600. The van der Waals surface area contributed by atoms with Crippen LogP contribution in [0, 0.1) is 0 Å². The Hall–Kier alpha value is -1.47. The summed E-state index contributed by atoms with van der Waals surface area (Å²) in [5.74, 6) is -0.554. The maximum absolute atomic E-state index is 11.6. The highest BCUT2D eigenvalue weighted by Crippen LogP contribution is 2.10. The molecule has 0 saturated carbocycles. The van der Waals surface area contributed by atoms with Gasteiger partial charge in [-0.1, -0.05) is 0 Å². The summed E-state index contributed by atoms with van der Waals surface area (Å²) >= 11 is 0. The minimum Gasteiger partial charge on any atom is -0.465 e. The summed E-state index contributed by atoms with van der Waals surface area (Å²) < 4.78 is 28.8. The minimum atomic E-state index is -3.56. The highest BCUT2D eigenvalue weighted by molar-refractivity contribution is 7.89. The second-order valence-corrected chi connectivity index (χ2v) is 5.26. The molecule has 0 aliphatic carbocycles. The second kappa shape index (κ2) is 4.58. The van der Waals surface area contributed by atoms with Gasteiger partial charge in [-0.2, -0.15) is 0 Å². The summed E-state index contributed by atoms with van der Waals surface area (Å²) in [5.41, 5.74) is 0.209. The topological polar surface area (TPSA) is 76.6 Å². The van der Waals surface area contributed by atoms with Gasteiger partial charge < -0.3 is 4.74 Å². The molecule has 0 N–H and O–H groups in total. The van der Waals surface area contributed by atoms with Gasteiger partial charge in [0.15, 0.2) is 5.03 Å². The van der Waals surface area contributed by atoms with E-state index in [0.717, 1.165) is 4.31 Å². The number of hydrogen-bond acceptors (Lipinski definition) is 5. The van der Waals surface area contributed by atoms with Crippen molar-refractivity contribution in [2.45, 2.75) is 5.03 Å². The molecule has 88 valence electrons. The Morgan fingerprint density at radius 1 is 1.38 bits per heavy atom. The zero-order valence-corrected chi connectivity index (χ0v) is 9.98. The third-order valence-electron chi connectivity index (χ3n) is 1.90. The van der Waals surface area contributed by atoms with Crippen molar-refractivity contribution in [2.24, 2.45) is 0 Å². The van der Waals surface area contributed by atoms with Gasteiger partial charge in [0.05, 0.1) is 12.7 Å². The first-order valence-corrected chi connectivity index (χ1v) is 5.80. The molecule has 1 heterocycles. The van der Waals surface area contributed by atoms with E-state index in [4.69, 9.17) is 0 Å². The number of methoxy groups -OCH3 is 1. The third kappa shape index (κ3) is 2.37. The molecule has 1 aromatic heterocycles. The van der Waals surface area contributed by atoms with Crippen LogP contribution in [-0.4, -0.2) is 44.9 Å². The summed E-state index contributed by atoms with van der Waals surface area (Å²) in [6.45, 7) is 0. The van der Waals surface area contributed by atoms with Gasteiger partial charge in [0.2, 0.25) is 0 Å². The fourth-order valence-electron chi connectivity index (χ4n) is 0.959. The molecule has 16 heavy (non-hydrogen) atoms. The summed E-state index contributed by atoms with van der Waals surface area (Å²) in [6.07, 6.45) is 1.17. The molecular weight excluding hydrogens is 232 g/mol. The number of nitrogens with zero attached hydrogens (tertiary/aromatic N) is 2. The quantitative estimate of drug-likeness (QED) is 0.706. The van der Waals surface area contributed by atoms with Gasteiger partial charge in [-0.05, 0) is 12.1 Å². The van der Waals surface area contributed by atoms with E-state index >= 15 is 0 Å². The molecule has 0 fully saturated rings. The van der Waals surface area contributed by atoms with Gasteiger partial charge in [0, 0.05) is 20.3 Å². The van der Waals surface area contributed by atoms with E-state index in [0.29, 0.717) is 0 Å². The van der Waals surface area contributed by atoms with Crippen molar-refractivity contribution in [1.29, 1.82) is 0 Å². The van der Waals surface area contributed by atoms with Crippen LogP contribution in [0.25, 0.3) is 0 Å². The average Bonchev–Trinajstić information content (AvgIpc) is 2.28. The number of pyridine rings is 1. The van der Waals surface area contributed by atoms with Crippen LogP contribution >= 0.6 is 0 Å². The number of carbonyl (C=O) groups is 1. The number of ether oxygens (including phenoxy) is 1. The van der Waals surface area contributed by atoms with Crippen LogP contribution < -0.4 is 0 Å². The van der Waals surface area contributed by atoms with Crippen molar-refractivity contribution in [3.8, 4) is 0 Å². The Kier molecular flexibility index (Phi) is 3.61. The number of sulfonamides is 1. The Labute approximate surface area is 93.9 Å². The smallest absolute Gasteiger partial charge is 0.339 e. The number of rotatable bonds is 3. The van der Waals surface area contributed by atoms with Crippen molar-refractivity contribution < 1.29 is 17.9 Å². The third-order valence-corrected chi connectivity index (χ3v) is 3.63. The van der Waals surface area contributed by atoms with Crippen LogP contribution in [0.3, 0.4) is 0 Å². The molecular formula is C9H12N2O4S. The number of hydrogen-bond donors (Lipinski definition) is 0. The van der Waals surface area contributed by atoms with Crippen molar-refractivity contribution in [2.75, 3.05) is 21.2 Å². The Morgan fingerprint density at radius 3 is 2.38 bits per heavy atom. The number of aromatic nitrogens is 1. The highest BCUT2D eigenvalue weighted by Gasteiger charge is 2.19. The normalized spacial score (nSPS) is 11.5. The van der Waals surface area contributed by atoms with Crippen molar-refractivity contribution in [1.82, 2.24) is 9.29 Å². The first-order chi connectivity index (χ1) is 7.39. The lowest BCUT2D eigenvalue weighted by Crippen LogP contribution is -2.23. The molecule has 0 unspecified atom stereocenters. The van der Waals surface area contributed by atoms with Crippen LogP contribution in [0.5, 0.6) is 0 Å². The average molecular weight is 244 g/mol. The Bertz CT molecular complexity index is 479. The molecule has 7 heteroatoms. The van der Waals surface area contributed by atoms with E-state index in [-0.39, 0.29) is 10.6 Å². The van der Waals surface area contributed by atoms with Crippen molar-refractivity contribution in [3.63, 3.8) is 0 Å². The molecule has 0 aliphatic rings. The molecule has 0 saturated heterocycles. The van der Waals surface area contributed by atoms with E-state index in [1.807, 2.05) is 0 Å². The van der Waals surface area contributed by atoms with E-state index in [9.17, 15) is 13.2 Å². The van der Waals surface area contributed by atoms with E-state index in [1.165, 1.54) is 39.5 Å². The standard InChI is InChI=1S/C9H12N2O4S/c1-11(2)16(13,14)8-5-4-7(6-10-8)9(12)15-3/h4-6H,1-3H3. The lowest BCUT2D eigenvalue weighted by Gasteiger charge is -2.10. The first kappa shape index (κ1) is 12.6. The molecule has 1 aromatic rings. The molecule has 0 atom stereocenters.